The van der Waals surface area contributed by atoms with Gasteiger partial charge < -0.3 is 15.0 Å². The van der Waals surface area contributed by atoms with Gasteiger partial charge in [0.1, 0.15) is 11.8 Å². The molecule has 0 unspecified atom stereocenters. The van der Waals surface area contributed by atoms with Crippen molar-refractivity contribution < 1.29 is 14.3 Å². The fraction of sp³-hybridized carbons (Fsp3) is 0.391. The van der Waals surface area contributed by atoms with Crippen molar-refractivity contribution in [2.24, 2.45) is 5.92 Å². The Balaban J connectivity index is 1.77. The van der Waals surface area contributed by atoms with Crippen LogP contribution >= 0.6 is 0 Å². The van der Waals surface area contributed by atoms with E-state index in [1.165, 1.54) is 6.92 Å². The molecule has 28 heavy (non-hydrogen) atoms. The van der Waals surface area contributed by atoms with Crippen LogP contribution < -0.4 is 15.0 Å². The van der Waals surface area contributed by atoms with E-state index in [1.54, 1.807) is 4.90 Å². The van der Waals surface area contributed by atoms with E-state index < -0.39 is 6.04 Å². The Kier molecular flexibility index (Phi) is 6.02. The van der Waals surface area contributed by atoms with Gasteiger partial charge in [0.05, 0.1) is 18.8 Å². The van der Waals surface area contributed by atoms with Crippen molar-refractivity contribution in [3.63, 3.8) is 0 Å². The third kappa shape index (κ3) is 4.35. The van der Waals surface area contributed by atoms with E-state index in [9.17, 15) is 9.59 Å². The highest BCUT2D eigenvalue weighted by Crippen LogP contribution is 2.39. The van der Waals surface area contributed by atoms with Crippen LogP contribution in [-0.4, -0.2) is 18.4 Å². The molecule has 1 aliphatic heterocycles. The number of nitrogens with zero attached hydrogens (tertiary/aromatic N) is 1. The predicted octanol–water partition coefficient (Wildman–Crippen LogP) is 4.14. The highest BCUT2D eigenvalue weighted by molar-refractivity contribution is 6.06. The average molecular weight is 380 g/mol. The first kappa shape index (κ1) is 19.9. The van der Waals surface area contributed by atoms with Crippen LogP contribution in [0.15, 0.2) is 42.5 Å². The van der Waals surface area contributed by atoms with Crippen molar-refractivity contribution in [3.8, 4) is 5.75 Å². The number of amides is 2. The molecular weight excluding hydrogens is 352 g/mol. The molecule has 0 saturated heterocycles. The van der Waals surface area contributed by atoms with Crippen LogP contribution in [0, 0.1) is 12.8 Å². The second-order valence-electron chi connectivity index (χ2n) is 7.75. The van der Waals surface area contributed by atoms with Crippen LogP contribution in [0.1, 0.15) is 49.9 Å². The number of hydrogen-bond acceptors (Lipinski definition) is 3. The normalized spacial score (nSPS) is 15.7. The summed E-state index contributed by atoms with van der Waals surface area (Å²) in [4.78, 5) is 26.4. The van der Waals surface area contributed by atoms with Gasteiger partial charge in [0, 0.05) is 12.5 Å². The average Bonchev–Trinajstić information content (AvgIpc) is 2.89. The summed E-state index contributed by atoms with van der Waals surface area (Å²) in [5.41, 5.74) is 3.78. The van der Waals surface area contributed by atoms with E-state index in [2.05, 4.69) is 19.2 Å². The van der Waals surface area contributed by atoms with Gasteiger partial charge in [-0.3, -0.25) is 9.59 Å². The van der Waals surface area contributed by atoms with Crippen LogP contribution in [0.3, 0.4) is 0 Å². The van der Waals surface area contributed by atoms with Gasteiger partial charge in [0.2, 0.25) is 5.91 Å². The van der Waals surface area contributed by atoms with E-state index in [-0.39, 0.29) is 11.8 Å². The van der Waals surface area contributed by atoms with Crippen molar-refractivity contribution in [1.29, 1.82) is 0 Å². The number of aryl methyl sites for hydroxylation is 1. The lowest BCUT2D eigenvalue weighted by atomic mass is 10.1. The molecule has 148 valence electrons. The smallest absolute Gasteiger partial charge is 0.254 e. The zero-order chi connectivity index (χ0) is 20.3. The molecule has 0 saturated carbocycles. The summed E-state index contributed by atoms with van der Waals surface area (Å²) in [5, 5.41) is 2.78. The van der Waals surface area contributed by atoms with Crippen molar-refractivity contribution in [1.82, 2.24) is 5.32 Å². The quantitative estimate of drug-likeness (QED) is 0.785. The topological polar surface area (TPSA) is 58.6 Å². The molecule has 0 aliphatic carbocycles. The Bertz CT molecular complexity index is 859. The van der Waals surface area contributed by atoms with Crippen molar-refractivity contribution >= 4 is 17.5 Å². The number of nitrogens with one attached hydrogen (secondary N) is 1. The molecule has 2 amide bonds. The largest absolute Gasteiger partial charge is 0.494 e. The van der Waals surface area contributed by atoms with Crippen molar-refractivity contribution in [2.75, 3.05) is 11.5 Å². The zero-order valence-electron chi connectivity index (χ0n) is 17.0. The van der Waals surface area contributed by atoms with Crippen molar-refractivity contribution in [3.05, 3.63) is 59.2 Å². The maximum absolute atomic E-state index is 13.0. The number of ether oxygens (including phenoxy) is 1. The molecular formula is C23H28N2O3. The minimum absolute atomic E-state index is 0.100. The summed E-state index contributed by atoms with van der Waals surface area (Å²) in [6.45, 7) is 8.93. The fourth-order valence-corrected chi connectivity index (χ4v) is 3.47. The van der Waals surface area contributed by atoms with Crippen LogP contribution in [0.25, 0.3) is 0 Å². The monoisotopic (exact) mass is 380 g/mol. The molecule has 0 spiro atoms. The maximum atomic E-state index is 13.0. The first-order valence-corrected chi connectivity index (χ1v) is 9.76. The molecule has 3 rings (SSSR count). The second kappa shape index (κ2) is 8.46. The minimum atomic E-state index is -0.619. The molecule has 1 atom stereocenters. The molecule has 1 N–H and O–H groups in total. The lowest BCUT2D eigenvalue weighted by molar-refractivity contribution is -0.126. The molecule has 5 nitrogen and oxygen atoms in total. The third-order valence-electron chi connectivity index (χ3n) is 4.94. The number of carbonyl (C=O) groups is 2. The van der Waals surface area contributed by atoms with E-state index in [4.69, 9.17) is 4.74 Å². The maximum Gasteiger partial charge on any atom is 0.254 e. The summed E-state index contributed by atoms with van der Waals surface area (Å²) < 4.78 is 5.77. The third-order valence-corrected chi connectivity index (χ3v) is 4.94. The summed E-state index contributed by atoms with van der Waals surface area (Å²) in [7, 11) is 0. The molecule has 0 radical (unpaired) electrons. The van der Waals surface area contributed by atoms with Gasteiger partial charge >= 0.3 is 0 Å². The molecule has 0 bridgehead atoms. The van der Waals surface area contributed by atoms with Crippen LogP contribution in [0.5, 0.6) is 5.75 Å². The number of rotatable bonds is 7. The lowest BCUT2D eigenvalue weighted by Gasteiger charge is -2.20. The Morgan fingerprint density at radius 2 is 1.89 bits per heavy atom. The molecule has 2 aromatic rings. The standard InChI is InChI=1S/C23H28N2O3/c1-15(2)12-13-28-19-10-8-18(9-11-19)14-25-22-16(3)6-5-7-20(22)21(23(25)27)24-17(4)26/h5-11,15,21H,12-14H2,1-4H3,(H,24,26)/t21-/m1/s1. The Hall–Kier alpha value is -2.82. The second-order valence-corrected chi connectivity index (χ2v) is 7.75. The summed E-state index contributed by atoms with van der Waals surface area (Å²) >= 11 is 0. The van der Waals surface area contributed by atoms with Gasteiger partial charge in [0.15, 0.2) is 0 Å². The van der Waals surface area contributed by atoms with Crippen LogP contribution in [0.2, 0.25) is 0 Å². The van der Waals surface area contributed by atoms with Gasteiger partial charge in [-0.2, -0.15) is 0 Å². The SMILES string of the molecule is CC(=O)N[C@H]1C(=O)N(Cc2ccc(OCCC(C)C)cc2)c2c(C)cccc21. The number of para-hydroxylation sites is 1. The molecule has 1 aliphatic rings. The number of fused-ring (bicyclic) bond motifs is 1. The van der Waals surface area contributed by atoms with E-state index in [1.807, 2.05) is 49.4 Å². The van der Waals surface area contributed by atoms with Gasteiger partial charge in [-0.25, -0.2) is 0 Å². The van der Waals surface area contributed by atoms with Crippen molar-refractivity contribution in [2.45, 2.75) is 46.7 Å². The van der Waals surface area contributed by atoms with E-state index >= 15 is 0 Å². The summed E-state index contributed by atoms with van der Waals surface area (Å²) in [5.74, 6) is 1.14. The molecule has 0 fully saturated rings. The Morgan fingerprint density at radius 3 is 2.54 bits per heavy atom. The summed E-state index contributed by atoms with van der Waals surface area (Å²) in [6.07, 6.45) is 1.02. The zero-order valence-corrected chi connectivity index (χ0v) is 17.0. The minimum Gasteiger partial charge on any atom is -0.494 e. The highest BCUT2D eigenvalue weighted by atomic mass is 16.5. The van der Waals surface area contributed by atoms with Gasteiger partial charge in [-0.05, 0) is 42.5 Å². The number of benzene rings is 2. The number of anilines is 1. The Labute approximate surface area is 166 Å². The van der Waals surface area contributed by atoms with Crippen LogP contribution in [0.4, 0.5) is 5.69 Å². The first-order chi connectivity index (χ1) is 13.4. The first-order valence-electron chi connectivity index (χ1n) is 9.76. The fourth-order valence-electron chi connectivity index (χ4n) is 3.47. The molecule has 1 heterocycles. The van der Waals surface area contributed by atoms with Gasteiger partial charge in [-0.1, -0.05) is 44.2 Å². The lowest BCUT2D eigenvalue weighted by Crippen LogP contribution is -2.36. The van der Waals surface area contributed by atoms with E-state index in [0.717, 1.165) is 34.5 Å². The molecule has 2 aromatic carbocycles. The molecule has 0 aromatic heterocycles. The summed E-state index contributed by atoms with van der Waals surface area (Å²) in [6, 6.07) is 13.1. The predicted molar refractivity (Wildman–Crippen MR) is 110 cm³/mol. The van der Waals surface area contributed by atoms with Crippen LogP contribution in [-0.2, 0) is 16.1 Å². The van der Waals surface area contributed by atoms with Gasteiger partial charge in [-0.15, -0.1) is 0 Å². The highest BCUT2D eigenvalue weighted by Gasteiger charge is 2.38. The Morgan fingerprint density at radius 1 is 1.18 bits per heavy atom. The number of carbonyl (C=O) groups excluding carboxylic acids is 2. The number of hydrogen-bond donors (Lipinski definition) is 1. The van der Waals surface area contributed by atoms with E-state index in [0.29, 0.717) is 19.1 Å². The molecule has 5 heteroatoms. The van der Waals surface area contributed by atoms with Gasteiger partial charge in [0.25, 0.3) is 5.91 Å².